The molecule has 0 bridgehead atoms. The van der Waals surface area contributed by atoms with Crippen LogP contribution < -0.4 is 5.43 Å². The van der Waals surface area contributed by atoms with Crippen LogP contribution in [0.25, 0.3) is 11.0 Å². The van der Waals surface area contributed by atoms with Gasteiger partial charge < -0.3 is 18.8 Å². The van der Waals surface area contributed by atoms with Crippen LogP contribution in [0.1, 0.15) is 50.9 Å². The topological polar surface area (TPSA) is 86.0 Å². The zero-order valence-corrected chi connectivity index (χ0v) is 18.9. The van der Waals surface area contributed by atoms with Crippen molar-refractivity contribution in [3.05, 3.63) is 79.6 Å². The van der Waals surface area contributed by atoms with Gasteiger partial charge in [0.1, 0.15) is 5.58 Å². The van der Waals surface area contributed by atoms with Crippen LogP contribution in [0.3, 0.4) is 0 Å². The van der Waals surface area contributed by atoms with Crippen molar-refractivity contribution < 1.29 is 23.5 Å². The smallest absolute Gasteiger partial charge is 0.337 e. The molecule has 0 unspecified atom stereocenters. The number of rotatable bonds is 4. The van der Waals surface area contributed by atoms with Crippen LogP contribution in [0.4, 0.5) is 0 Å². The Morgan fingerprint density at radius 1 is 1.19 bits per heavy atom. The average molecular weight is 498 g/mol. The molecule has 0 radical (unpaired) electrons. The Morgan fingerprint density at radius 2 is 1.97 bits per heavy atom. The van der Waals surface area contributed by atoms with Crippen molar-refractivity contribution in [2.45, 2.75) is 25.0 Å². The molecule has 2 atom stereocenters. The monoisotopic (exact) mass is 497 g/mol. The van der Waals surface area contributed by atoms with E-state index in [1.807, 2.05) is 0 Å². The lowest BCUT2D eigenvalue weighted by molar-refractivity contribution is 0.0486. The number of carbonyl (C=O) groups excluding carboxylic acids is 2. The van der Waals surface area contributed by atoms with Crippen molar-refractivity contribution in [2.75, 3.05) is 20.3 Å². The molecule has 8 heteroatoms. The summed E-state index contributed by atoms with van der Waals surface area (Å²) in [5.74, 6) is -0.727. The number of hydrogen-bond acceptors (Lipinski definition) is 6. The third-order valence-electron chi connectivity index (χ3n) is 6.00. The summed E-state index contributed by atoms with van der Waals surface area (Å²) >= 11 is 3.40. The molecule has 5 rings (SSSR count). The standard InChI is InChI=1S/C24H20BrNO6/c1-30-24(29)14-6-4-13(5-7-14)20-19-21(27)17-11-15(25)8-9-18(17)32-22(19)23(28)26(20)12-16-3-2-10-31-16/h4-9,11,16,20H,2-3,10,12H2,1H3/t16-,20+/m1/s1. The van der Waals surface area contributed by atoms with Gasteiger partial charge in [-0.25, -0.2) is 4.79 Å². The summed E-state index contributed by atoms with van der Waals surface area (Å²) in [7, 11) is 1.32. The Balaban J connectivity index is 1.66. The van der Waals surface area contributed by atoms with Crippen LogP contribution in [0.15, 0.2) is 56.1 Å². The molecule has 2 aliphatic heterocycles. The molecule has 0 N–H and O–H groups in total. The van der Waals surface area contributed by atoms with Crippen molar-refractivity contribution in [1.29, 1.82) is 0 Å². The lowest BCUT2D eigenvalue weighted by atomic mass is 9.97. The van der Waals surface area contributed by atoms with E-state index < -0.39 is 12.0 Å². The van der Waals surface area contributed by atoms with Gasteiger partial charge in [0.15, 0.2) is 5.43 Å². The molecule has 1 amide bonds. The minimum Gasteiger partial charge on any atom is -0.465 e. The summed E-state index contributed by atoms with van der Waals surface area (Å²) < 4.78 is 17.2. The fourth-order valence-electron chi connectivity index (χ4n) is 4.45. The maximum absolute atomic E-state index is 13.5. The van der Waals surface area contributed by atoms with Crippen LogP contribution in [-0.2, 0) is 9.47 Å². The number of amides is 1. The van der Waals surface area contributed by atoms with Crippen molar-refractivity contribution in [2.24, 2.45) is 0 Å². The van der Waals surface area contributed by atoms with Crippen molar-refractivity contribution in [3.63, 3.8) is 0 Å². The number of halogens is 1. The molecule has 0 aliphatic carbocycles. The van der Waals surface area contributed by atoms with Crippen LogP contribution in [0.2, 0.25) is 0 Å². The highest BCUT2D eigenvalue weighted by Gasteiger charge is 2.44. The molecule has 3 aromatic rings. The number of benzene rings is 2. The van der Waals surface area contributed by atoms with E-state index in [1.165, 1.54) is 7.11 Å². The molecule has 1 saturated heterocycles. The highest BCUT2D eigenvalue weighted by atomic mass is 79.9. The number of esters is 1. The maximum Gasteiger partial charge on any atom is 0.337 e. The fraction of sp³-hybridized carbons (Fsp3) is 0.292. The van der Waals surface area contributed by atoms with Gasteiger partial charge in [-0.3, -0.25) is 9.59 Å². The quantitative estimate of drug-likeness (QED) is 0.505. The lowest BCUT2D eigenvalue weighted by Gasteiger charge is -2.27. The van der Waals surface area contributed by atoms with E-state index in [0.29, 0.717) is 40.8 Å². The van der Waals surface area contributed by atoms with Crippen LogP contribution >= 0.6 is 15.9 Å². The molecule has 7 nitrogen and oxygen atoms in total. The minimum atomic E-state index is -0.631. The average Bonchev–Trinajstić information content (AvgIpc) is 3.41. The Hall–Kier alpha value is -2.97. The third kappa shape index (κ3) is 3.43. The predicted octanol–water partition coefficient (Wildman–Crippen LogP) is 4.07. The number of carbonyl (C=O) groups is 2. The van der Waals surface area contributed by atoms with E-state index in [0.717, 1.165) is 17.3 Å². The van der Waals surface area contributed by atoms with Gasteiger partial charge >= 0.3 is 5.97 Å². The minimum absolute atomic E-state index is 0.0601. The zero-order chi connectivity index (χ0) is 22.4. The normalized spacial score (nSPS) is 20.1. The number of nitrogens with zero attached hydrogens (tertiary/aromatic N) is 1. The first-order valence-corrected chi connectivity index (χ1v) is 11.1. The van der Waals surface area contributed by atoms with E-state index >= 15 is 0 Å². The number of ether oxygens (including phenoxy) is 2. The molecule has 0 spiro atoms. The number of fused-ring (bicyclic) bond motifs is 2. The summed E-state index contributed by atoms with van der Waals surface area (Å²) in [6, 6.07) is 11.3. The van der Waals surface area contributed by atoms with Crippen LogP contribution in [0, 0.1) is 0 Å². The second-order valence-electron chi connectivity index (χ2n) is 7.92. The van der Waals surface area contributed by atoms with E-state index in [9.17, 15) is 14.4 Å². The molecule has 1 fully saturated rings. The van der Waals surface area contributed by atoms with E-state index in [2.05, 4.69) is 15.9 Å². The molecule has 3 heterocycles. The second kappa shape index (κ2) is 8.18. The van der Waals surface area contributed by atoms with Gasteiger partial charge in [0.25, 0.3) is 5.91 Å². The van der Waals surface area contributed by atoms with Gasteiger partial charge in [-0.2, -0.15) is 0 Å². The van der Waals surface area contributed by atoms with Gasteiger partial charge in [0.05, 0.1) is 35.8 Å². The molecule has 164 valence electrons. The van der Waals surface area contributed by atoms with Gasteiger partial charge in [0, 0.05) is 17.6 Å². The van der Waals surface area contributed by atoms with E-state index in [-0.39, 0.29) is 23.2 Å². The first-order chi connectivity index (χ1) is 15.5. The van der Waals surface area contributed by atoms with E-state index in [4.69, 9.17) is 13.9 Å². The van der Waals surface area contributed by atoms with Gasteiger partial charge in [-0.05, 0) is 48.7 Å². The van der Waals surface area contributed by atoms with Crippen molar-refractivity contribution >= 4 is 38.8 Å². The number of methoxy groups -OCH3 is 1. The van der Waals surface area contributed by atoms with Crippen LogP contribution in [0.5, 0.6) is 0 Å². The van der Waals surface area contributed by atoms with Crippen molar-refractivity contribution in [1.82, 2.24) is 4.90 Å². The zero-order valence-electron chi connectivity index (χ0n) is 17.3. The molecule has 2 aliphatic rings. The summed E-state index contributed by atoms with van der Waals surface area (Å²) in [6.07, 6.45) is 1.70. The maximum atomic E-state index is 13.5. The van der Waals surface area contributed by atoms with Crippen molar-refractivity contribution in [3.8, 4) is 0 Å². The first kappa shape index (κ1) is 20.9. The Morgan fingerprint density at radius 3 is 2.66 bits per heavy atom. The summed E-state index contributed by atoms with van der Waals surface area (Å²) in [6.45, 7) is 1.01. The van der Waals surface area contributed by atoms with Gasteiger partial charge in [-0.1, -0.05) is 28.1 Å². The summed E-state index contributed by atoms with van der Waals surface area (Å²) in [5.41, 5.74) is 1.53. The first-order valence-electron chi connectivity index (χ1n) is 10.3. The fourth-order valence-corrected chi connectivity index (χ4v) is 4.82. The lowest BCUT2D eigenvalue weighted by Crippen LogP contribution is -2.36. The second-order valence-corrected chi connectivity index (χ2v) is 8.84. The van der Waals surface area contributed by atoms with Crippen LogP contribution in [-0.4, -0.2) is 43.1 Å². The molecular formula is C24H20BrNO6. The molecule has 2 aromatic carbocycles. The summed E-state index contributed by atoms with van der Waals surface area (Å²) in [5, 5.41) is 0.404. The SMILES string of the molecule is COC(=O)c1ccc([C@H]2c3c(oc4ccc(Br)cc4c3=O)C(=O)N2C[C@H]2CCCO2)cc1. The van der Waals surface area contributed by atoms with Gasteiger partial charge in [0.2, 0.25) is 5.76 Å². The predicted molar refractivity (Wildman–Crippen MR) is 120 cm³/mol. The highest BCUT2D eigenvalue weighted by Crippen LogP contribution is 2.39. The largest absolute Gasteiger partial charge is 0.465 e. The summed E-state index contributed by atoms with van der Waals surface area (Å²) in [4.78, 5) is 40.4. The third-order valence-corrected chi connectivity index (χ3v) is 6.49. The molecule has 32 heavy (non-hydrogen) atoms. The Bertz CT molecular complexity index is 1280. The molecule has 0 saturated carbocycles. The number of hydrogen-bond donors (Lipinski definition) is 0. The highest BCUT2D eigenvalue weighted by molar-refractivity contribution is 9.10. The van der Waals surface area contributed by atoms with E-state index in [1.54, 1.807) is 47.4 Å². The Kier molecular flexibility index (Phi) is 5.35. The molecule has 1 aromatic heterocycles. The Labute approximate surface area is 192 Å². The molecular weight excluding hydrogens is 478 g/mol. The van der Waals surface area contributed by atoms with Gasteiger partial charge in [-0.15, -0.1) is 0 Å².